The zero-order chi connectivity index (χ0) is 19.5. The number of rotatable bonds is 5. The standard InChI is InChI=1S/C15H12BrF6N3O/c1-2-25(11-6-4-3-5-10(11)16)13-23-7-9(15(20,21)22)12(24-13)26-8-14(17,18)19/h3-7H,2,8H2,1H3. The van der Waals surface area contributed by atoms with E-state index >= 15 is 0 Å². The van der Waals surface area contributed by atoms with Gasteiger partial charge in [-0.3, -0.25) is 0 Å². The average Bonchev–Trinajstić information content (AvgIpc) is 2.54. The number of nitrogens with zero attached hydrogens (tertiary/aromatic N) is 3. The van der Waals surface area contributed by atoms with Crippen LogP contribution in [0.3, 0.4) is 0 Å². The number of halogens is 7. The Kier molecular flexibility index (Phi) is 5.99. The molecule has 0 unspecified atom stereocenters. The average molecular weight is 444 g/mol. The highest BCUT2D eigenvalue weighted by atomic mass is 79.9. The van der Waals surface area contributed by atoms with Crippen LogP contribution in [0.15, 0.2) is 34.9 Å². The molecule has 1 aromatic carbocycles. The summed E-state index contributed by atoms with van der Waals surface area (Å²) in [5, 5.41) is 0. The van der Waals surface area contributed by atoms with Crippen molar-refractivity contribution in [1.82, 2.24) is 9.97 Å². The molecule has 0 fully saturated rings. The van der Waals surface area contributed by atoms with Crippen LogP contribution in [0.4, 0.5) is 38.0 Å². The lowest BCUT2D eigenvalue weighted by atomic mass is 10.3. The van der Waals surface area contributed by atoms with E-state index in [1.54, 1.807) is 31.2 Å². The lowest BCUT2D eigenvalue weighted by Gasteiger charge is -2.23. The van der Waals surface area contributed by atoms with Gasteiger partial charge in [-0.25, -0.2) is 4.98 Å². The maximum atomic E-state index is 13.0. The molecule has 0 saturated carbocycles. The van der Waals surface area contributed by atoms with Crippen molar-refractivity contribution < 1.29 is 31.1 Å². The minimum atomic E-state index is -4.95. The van der Waals surface area contributed by atoms with Crippen molar-refractivity contribution in [1.29, 1.82) is 0 Å². The molecule has 142 valence electrons. The molecule has 1 aromatic heterocycles. The fourth-order valence-corrected chi connectivity index (χ4v) is 2.53. The molecule has 0 amide bonds. The molecule has 1 heterocycles. The molecular formula is C15H12BrF6N3O. The van der Waals surface area contributed by atoms with Gasteiger partial charge in [0, 0.05) is 17.2 Å². The third-order valence-corrected chi connectivity index (χ3v) is 3.79. The zero-order valence-corrected chi connectivity index (χ0v) is 14.8. The SMILES string of the molecule is CCN(c1ncc(C(F)(F)F)c(OCC(F)(F)F)n1)c1ccccc1Br. The Labute approximate surface area is 152 Å². The van der Waals surface area contributed by atoms with Crippen LogP contribution in [-0.4, -0.2) is 29.3 Å². The number of aromatic nitrogens is 2. The molecule has 2 aromatic rings. The molecule has 0 bridgehead atoms. The molecule has 0 radical (unpaired) electrons. The molecule has 2 rings (SSSR count). The summed E-state index contributed by atoms with van der Waals surface area (Å²) in [6.07, 6.45) is -9.35. The first kappa shape index (κ1) is 20.3. The van der Waals surface area contributed by atoms with E-state index in [0.717, 1.165) is 0 Å². The van der Waals surface area contributed by atoms with Gasteiger partial charge in [-0.15, -0.1) is 0 Å². The summed E-state index contributed by atoms with van der Waals surface area (Å²) in [7, 11) is 0. The van der Waals surface area contributed by atoms with Gasteiger partial charge in [-0.05, 0) is 35.0 Å². The van der Waals surface area contributed by atoms with E-state index in [1.165, 1.54) is 4.90 Å². The van der Waals surface area contributed by atoms with Crippen molar-refractivity contribution in [2.75, 3.05) is 18.1 Å². The summed E-state index contributed by atoms with van der Waals surface area (Å²) >= 11 is 3.30. The van der Waals surface area contributed by atoms with E-state index in [1.807, 2.05) is 0 Å². The zero-order valence-electron chi connectivity index (χ0n) is 13.2. The minimum absolute atomic E-state index is 0.218. The highest BCUT2D eigenvalue weighted by Gasteiger charge is 2.38. The molecule has 0 aliphatic carbocycles. The number of hydrogen-bond acceptors (Lipinski definition) is 4. The van der Waals surface area contributed by atoms with Crippen LogP contribution in [0.5, 0.6) is 5.88 Å². The summed E-state index contributed by atoms with van der Waals surface area (Å²) in [6.45, 7) is 0.0527. The molecule has 0 aliphatic rings. The third-order valence-electron chi connectivity index (χ3n) is 3.12. The smallest absolute Gasteiger partial charge is 0.423 e. The van der Waals surface area contributed by atoms with Crippen LogP contribution in [0, 0.1) is 0 Å². The van der Waals surface area contributed by atoms with Gasteiger partial charge in [0.15, 0.2) is 6.61 Å². The maximum Gasteiger partial charge on any atom is 0.423 e. The Hall–Kier alpha value is -2.04. The van der Waals surface area contributed by atoms with Crippen LogP contribution in [0.25, 0.3) is 0 Å². The van der Waals surface area contributed by atoms with Crippen molar-refractivity contribution in [3.8, 4) is 5.88 Å². The molecule has 4 nitrogen and oxygen atoms in total. The lowest BCUT2D eigenvalue weighted by molar-refractivity contribution is -0.159. The van der Waals surface area contributed by atoms with Crippen molar-refractivity contribution in [3.05, 3.63) is 40.5 Å². The largest absolute Gasteiger partial charge is 0.467 e. The van der Waals surface area contributed by atoms with Crippen molar-refractivity contribution in [2.24, 2.45) is 0 Å². The van der Waals surface area contributed by atoms with Gasteiger partial charge >= 0.3 is 12.4 Å². The molecule has 26 heavy (non-hydrogen) atoms. The molecule has 11 heteroatoms. The van der Waals surface area contributed by atoms with Crippen LogP contribution >= 0.6 is 15.9 Å². The Balaban J connectivity index is 2.48. The van der Waals surface area contributed by atoms with E-state index in [2.05, 4.69) is 30.6 Å². The van der Waals surface area contributed by atoms with Gasteiger partial charge in [-0.2, -0.15) is 31.3 Å². The van der Waals surface area contributed by atoms with E-state index in [0.29, 0.717) is 16.4 Å². The van der Waals surface area contributed by atoms with Crippen LogP contribution in [-0.2, 0) is 6.18 Å². The monoisotopic (exact) mass is 443 g/mol. The second kappa shape index (κ2) is 7.68. The summed E-state index contributed by atoms with van der Waals surface area (Å²) in [4.78, 5) is 8.67. The Morgan fingerprint density at radius 1 is 1.12 bits per heavy atom. The first-order valence-electron chi connectivity index (χ1n) is 7.18. The molecule has 0 spiro atoms. The first-order valence-corrected chi connectivity index (χ1v) is 7.98. The second-order valence-corrected chi connectivity index (χ2v) is 5.84. The highest BCUT2D eigenvalue weighted by molar-refractivity contribution is 9.10. The number of hydrogen-bond donors (Lipinski definition) is 0. The number of anilines is 2. The van der Waals surface area contributed by atoms with E-state index in [-0.39, 0.29) is 12.5 Å². The van der Waals surface area contributed by atoms with E-state index < -0.39 is 30.4 Å². The quantitative estimate of drug-likeness (QED) is 0.583. The van der Waals surface area contributed by atoms with Crippen LogP contribution in [0.2, 0.25) is 0 Å². The molecule has 0 saturated heterocycles. The summed E-state index contributed by atoms with van der Waals surface area (Å²) < 4.78 is 81.0. The predicted octanol–water partition coefficient (Wildman–Crippen LogP) is 5.36. The number of benzene rings is 1. The number of ether oxygens (including phenoxy) is 1. The minimum Gasteiger partial charge on any atom is -0.467 e. The van der Waals surface area contributed by atoms with Crippen molar-refractivity contribution >= 4 is 27.6 Å². The number of alkyl halides is 6. The molecule has 0 atom stereocenters. The van der Waals surface area contributed by atoms with Gasteiger partial charge in [0.25, 0.3) is 0 Å². The predicted molar refractivity (Wildman–Crippen MR) is 85.4 cm³/mol. The van der Waals surface area contributed by atoms with Crippen LogP contribution < -0.4 is 9.64 Å². The normalized spacial score (nSPS) is 12.2. The van der Waals surface area contributed by atoms with Gasteiger partial charge in [0.2, 0.25) is 11.8 Å². The summed E-state index contributed by atoms with van der Waals surface area (Å²) in [5.74, 6) is -1.39. The second-order valence-electron chi connectivity index (χ2n) is 4.99. The Morgan fingerprint density at radius 2 is 1.77 bits per heavy atom. The number of para-hydroxylation sites is 1. The first-order chi connectivity index (χ1) is 12.0. The summed E-state index contributed by atoms with van der Waals surface area (Å²) in [5.41, 5.74) is -0.940. The van der Waals surface area contributed by atoms with Crippen LogP contribution in [0.1, 0.15) is 12.5 Å². The van der Waals surface area contributed by atoms with Gasteiger partial charge in [-0.1, -0.05) is 12.1 Å². The third kappa shape index (κ3) is 4.99. The van der Waals surface area contributed by atoms with E-state index in [4.69, 9.17) is 0 Å². The molecule has 0 aliphatic heterocycles. The van der Waals surface area contributed by atoms with Crippen molar-refractivity contribution in [3.63, 3.8) is 0 Å². The summed E-state index contributed by atoms with van der Waals surface area (Å²) in [6, 6.07) is 6.77. The van der Waals surface area contributed by atoms with Crippen molar-refractivity contribution in [2.45, 2.75) is 19.3 Å². The Morgan fingerprint density at radius 3 is 2.31 bits per heavy atom. The Bertz CT molecular complexity index is 766. The topological polar surface area (TPSA) is 38.2 Å². The van der Waals surface area contributed by atoms with Gasteiger partial charge in [0.05, 0.1) is 5.69 Å². The van der Waals surface area contributed by atoms with E-state index in [9.17, 15) is 26.3 Å². The highest BCUT2D eigenvalue weighted by Crippen LogP contribution is 2.37. The lowest BCUT2D eigenvalue weighted by Crippen LogP contribution is -2.24. The molecule has 0 N–H and O–H groups in total. The van der Waals surface area contributed by atoms with Gasteiger partial charge in [0.1, 0.15) is 5.56 Å². The fraction of sp³-hybridized carbons (Fsp3) is 0.333. The molecular weight excluding hydrogens is 432 g/mol. The van der Waals surface area contributed by atoms with Gasteiger partial charge < -0.3 is 9.64 Å². The maximum absolute atomic E-state index is 13.0. The fourth-order valence-electron chi connectivity index (χ4n) is 2.03.